The molecule has 0 spiro atoms. The Bertz CT molecular complexity index is 1370. The van der Waals surface area contributed by atoms with Crippen LogP contribution in [0.5, 0.6) is 0 Å². The van der Waals surface area contributed by atoms with E-state index in [-0.39, 0.29) is 11.2 Å². The van der Waals surface area contributed by atoms with Crippen LogP contribution < -0.4 is 10.3 Å². The minimum Gasteiger partial charge on any atom is -0.450 e. The number of fused-ring (bicyclic) bond motifs is 2. The van der Waals surface area contributed by atoms with Gasteiger partial charge in [-0.3, -0.25) is 14.5 Å². The van der Waals surface area contributed by atoms with Crippen LogP contribution in [0, 0.1) is 0 Å². The predicted molar refractivity (Wildman–Crippen MR) is 120 cm³/mol. The monoisotopic (exact) mass is 501 g/mol. The lowest BCUT2D eigenvalue weighted by Crippen LogP contribution is -2.29. The molecule has 0 N–H and O–H groups in total. The highest BCUT2D eigenvalue weighted by Crippen LogP contribution is 2.42. The Morgan fingerprint density at radius 3 is 2.63 bits per heavy atom. The van der Waals surface area contributed by atoms with E-state index < -0.39 is 11.9 Å². The molecule has 9 heteroatoms. The second kappa shape index (κ2) is 7.30. The first kappa shape index (κ1) is 19.4. The second-order valence-electron chi connectivity index (χ2n) is 6.78. The lowest BCUT2D eigenvalue weighted by atomic mass is 9.99. The zero-order valence-electron chi connectivity index (χ0n) is 15.6. The normalized spacial score (nSPS) is 15.8. The molecule has 30 heavy (non-hydrogen) atoms. The van der Waals surface area contributed by atoms with E-state index in [4.69, 9.17) is 16.0 Å². The summed E-state index contributed by atoms with van der Waals surface area (Å²) in [5.74, 6) is -0.381. The number of aryl methyl sites for hydroxylation is 1. The van der Waals surface area contributed by atoms with E-state index in [2.05, 4.69) is 26.1 Å². The molecule has 0 radical (unpaired) electrons. The summed E-state index contributed by atoms with van der Waals surface area (Å²) in [7, 11) is 0. The molecule has 0 saturated carbocycles. The first-order valence-corrected chi connectivity index (χ1v) is 11.1. The summed E-state index contributed by atoms with van der Waals surface area (Å²) in [5.41, 5.74) is 1.14. The highest BCUT2D eigenvalue weighted by Gasteiger charge is 2.45. The van der Waals surface area contributed by atoms with E-state index >= 15 is 0 Å². The Hall–Kier alpha value is -2.55. The third-order valence-electron chi connectivity index (χ3n) is 4.98. The number of hydrogen-bond acceptors (Lipinski definition) is 6. The van der Waals surface area contributed by atoms with Gasteiger partial charge in [-0.2, -0.15) is 0 Å². The molecule has 150 valence electrons. The number of nitrogens with zero attached hydrogens (tertiary/aromatic N) is 3. The first-order valence-electron chi connectivity index (χ1n) is 9.15. The summed E-state index contributed by atoms with van der Waals surface area (Å²) < 4.78 is 6.68. The van der Waals surface area contributed by atoms with Crippen molar-refractivity contribution in [1.82, 2.24) is 10.2 Å². The summed E-state index contributed by atoms with van der Waals surface area (Å²) in [6.45, 7) is 1.97. The van der Waals surface area contributed by atoms with Gasteiger partial charge in [-0.05, 0) is 42.3 Å². The highest BCUT2D eigenvalue weighted by molar-refractivity contribution is 9.10. The number of hydrogen-bond donors (Lipinski definition) is 0. The molecule has 0 aliphatic carbocycles. The minimum absolute atomic E-state index is 0.0306. The van der Waals surface area contributed by atoms with Gasteiger partial charge in [0.05, 0.1) is 17.0 Å². The van der Waals surface area contributed by atoms with E-state index in [0.717, 1.165) is 15.0 Å². The van der Waals surface area contributed by atoms with Gasteiger partial charge < -0.3 is 4.42 Å². The van der Waals surface area contributed by atoms with Crippen LogP contribution in [-0.2, 0) is 6.42 Å². The third kappa shape index (κ3) is 2.98. The predicted octanol–water partition coefficient (Wildman–Crippen LogP) is 5.37. The minimum atomic E-state index is -0.679. The molecule has 0 unspecified atom stereocenters. The molecule has 2 aromatic carbocycles. The number of rotatable bonds is 3. The van der Waals surface area contributed by atoms with Crippen LogP contribution in [0.15, 0.2) is 56.1 Å². The Kier molecular flexibility index (Phi) is 4.72. The van der Waals surface area contributed by atoms with Crippen molar-refractivity contribution < 1.29 is 9.21 Å². The molecule has 6 nitrogen and oxygen atoms in total. The fourth-order valence-electron chi connectivity index (χ4n) is 3.59. The molecule has 5 rings (SSSR count). The molecule has 1 aliphatic heterocycles. The topological polar surface area (TPSA) is 76.3 Å². The number of amides is 1. The van der Waals surface area contributed by atoms with E-state index in [9.17, 15) is 9.59 Å². The third-order valence-corrected chi connectivity index (χ3v) is 6.79. The number of benzene rings is 2. The molecule has 1 atom stereocenters. The largest absolute Gasteiger partial charge is 0.450 e. The number of anilines is 1. The van der Waals surface area contributed by atoms with E-state index in [0.29, 0.717) is 33.1 Å². The zero-order valence-corrected chi connectivity index (χ0v) is 18.7. The van der Waals surface area contributed by atoms with E-state index in [1.807, 2.05) is 6.92 Å². The summed E-state index contributed by atoms with van der Waals surface area (Å²) >= 11 is 10.8. The van der Waals surface area contributed by atoms with Gasteiger partial charge in [0.25, 0.3) is 5.91 Å². The van der Waals surface area contributed by atoms with Crippen LogP contribution in [0.4, 0.5) is 5.13 Å². The van der Waals surface area contributed by atoms with Gasteiger partial charge in [-0.1, -0.05) is 57.9 Å². The van der Waals surface area contributed by atoms with Crippen LogP contribution in [0.1, 0.15) is 39.7 Å². The summed E-state index contributed by atoms with van der Waals surface area (Å²) in [4.78, 5) is 28.4. The lowest BCUT2D eigenvalue weighted by molar-refractivity contribution is 0.0970. The molecule has 0 fully saturated rings. The van der Waals surface area contributed by atoms with Crippen molar-refractivity contribution >= 4 is 60.9 Å². The van der Waals surface area contributed by atoms with Gasteiger partial charge in [0, 0.05) is 9.50 Å². The van der Waals surface area contributed by atoms with Crippen molar-refractivity contribution in [3.8, 4) is 0 Å². The summed E-state index contributed by atoms with van der Waals surface area (Å²) in [6, 6.07) is 11.5. The Morgan fingerprint density at radius 2 is 1.93 bits per heavy atom. The van der Waals surface area contributed by atoms with E-state index in [1.165, 1.54) is 16.2 Å². The second-order valence-corrected chi connectivity index (χ2v) is 9.17. The Morgan fingerprint density at radius 1 is 1.17 bits per heavy atom. The molecule has 4 aromatic rings. The number of halogens is 2. The highest BCUT2D eigenvalue weighted by atomic mass is 79.9. The van der Waals surface area contributed by atoms with Crippen LogP contribution in [0.3, 0.4) is 0 Å². The van der Waals surface area contributed by atoms with Crippen LogP contribution in [0.2, 0.25) is 5.02 Å². The number of carbonyl (C=O) groups is 1. The van der Waals surface area contributed by atoms with Crippen LogP contribution in [-0.4, -0.2) is 16.1 Å². The average Bonchev–Trinajstić information content (AvgIpc) is 3.32. The molecule has 1 amide bonds. The smallest absolute Gasteiger partial charge is 0.297 e. The lowest BCUT2D eigenvalue weighted by Gasteiger charge is -2.22. The fraction of sp³-hybridized carbons (Fsp3) is 0.143. The first-order chi connectivity index (χ1) is 14.5. The quantitative estimate of drug-likeness (QED) is 0.376. The standard InChI is InChI=1S/C21H13BrClN3O3S/c1-2-15-24-25-21(30-15)26-17(10-3-6-12(23)7-4-10)16-18(27)13-9-11(22)5-8-14(13)29-19(16)20(26)28/h3-9,17H,2H2,1H3/t17-/m1/s1. The molecule has 0 saturated heterocycles. The van der Waals surface area contributed by atoms with Crippen molar-refractivity contribution in [2.75, 3.05) is 4.90 Å². The van der Waals surface area contributed by atoms with Crippen LogP contribution >= 0.6 is 38.9 Å². The van der Waals surface area contributed by atoms with Gasteiger partial charge in [-0.25, -0.2) is 0 Å². The molecular formula is C21H13BrClN3O3S. The van der Waals surface area contributed by atoms with Crippen molar-refractivity contribution in [2.45, 2.75) is 19.4 Å². The molecule has 1 aliphatic rings. The maximum atomic E-state index is 13.5. The summed E-state index contributed by atoms with van der Waals surface area (Å²) in [5, 5.41) is 10.5. The van der Waals surface area contributed by atoms with E-state index in [1.54, 1.807) is 42.5 Å². The van der Waals surface area contributed by atoms with Gasteiger partial charge in [0.1, 0.15) is 10.6 Å². The van der Waals surface area contributed by atoms with Gasteiger partial charge >= 0.3 is 0 Å². The fourth-order valence-corrected chi connectivity index (χ4v) is 4.88. The maximum Gasteiger partial charge on any atom is 0.297 e. The number of aromatic nitrogens is 2. The molecule has 2 aromatic heterocycles. The van der Waals surface area contributed by atoms with Gasteiger partial charge in [0.15, 0.2) is 5.43 Å². The van der Waals surface area contributed by atoms with Gasteiger partial charge in [-0.15, -0.1) is 10.2 Å². The Labute approximate surface area is 188 Å². The maximum absolute atomic E-state index is 13.5. The van der Waals surface area contributed by atoms with Crippen molar-refractivity contribution in [3.05, 3.63) is 84.1 Å². The van der Waals surface area contributed by atoms with Crippen molar-refractivity contribution in [2.24, 2.45) is 0 Å². The molecule has 3 heterocycles. The SMILES string of the molecule is CCc1nnc(N2C(=O)c3oc4ccc(Br)cc4c(=O)c3[C@H]2c2ccc(Cl)cc2)s1. The number of carbonyl (C=O) groups excluding carboxylic acids is 1. The van der Waals surface area contributed by atoms with Crippen LogP contribution in [0.25, 0.3) is 11.0 Å². The zero-order chi connectivity index (χ0) is 21.0. The Balaban J connectivity index is 1.80. The average molecular weight is 503 g/mol. The van der Waals surface area contributed by atoms with Crippen molar-refractivity contribution in [1.29, 1.82) is 0 Å². The van der Waals surface area contributed by atoms with Crippen molar-refractivity contribution in [3.63, 3.8) is 0 Å². The molecule has 0 bridgehead atoms. The van der Waals surface area contributed by atoms with Gasteiger partial charge in [0.2, 0.25) is 10.9 Å². The summed E-state index contributed by atoms with van der Waals surface area (Å²) in [6.07, 6.45) is 0.702. The molecular weight excluding hydrogens is 490 g/mol.